The predicted octanol–water partition coefficient (Wildman–Crippen LogP) is 4.55. The zero-order valence-electron chi connectivity index (χ0n) is 13.3. The molecule has 0 aliphatic heterocycles. The lowest BCUT2D eigenvalue weighted by atomic mass is 10.1. The maximum atomic E-state index is 12.3. The van der Waals surface area contributed by atoms with Gasteiger partial charge in [0.15, 0.2) is 5.13 Å². The average Bonchev–Trinajstić information content (AvgIpc) is 2.96. The minimum Gasteiger partial charge on any atom is -0.298 e. The van der Waals surface area contributed by atoms with Gasteiger partial charge in [-0.3, -0.25) is 10.1 Å². The van der Waals surface area contributed by atoms with Crippen LogP contribution < -0.4 is 5.32 Å². The molecule has 2 aromatic carbocycles. The molecule has 0 fully saturated rings. The number of nitrogens with one attached hydrogen (secondary N) is 1. The number of hydrogen-bond donors (Lipinski definition) is 1. The number of rotatable bonds is 3. The Bertz CT molecular complexity index is 919. The summed E-state index contributed by atoms with van der Waals surface area (Å²) in [7, 11) is 0. The Balaban J connectivity index is 1.80. The fraction of sp³-hybridized carbons (Fsp3) is 0.105. The van der Waals surface area contributed by atoms with Crippen molar-refractivity contribution in [1.29, 1.82) is 5.26 Å². The van der Waals surface area contributed by atoms with Crippen molar-refractivity contribution in [1.82, 2.24) is 4.98 Å². The molecule has 24 heavy (non-hydrogen) atoms. The van der Waals surface area contributed by atoms with E-state index in [0.717, 1.165) is 16.1 Å². The molecule has 0 spiro atoms. The minimum atomic E-state index is -0.233. The maximum Gasteiger partial charge on any atom is 0.257 e. The molecule has 0 radical (unpaired) electrons. The maximum absolute atomic E-state index is 12.3. The van der Waals surface area contributed by atoms with Crippen LogP contribution in [0.4, 0.5) is 5.13 Å². The lowest BCUT2D eigenvalue weighted by Crippen LogP contribution is -2.11. The van der Waals surface area contributed by atoms with Crippen LogP contribution >= 0.6 is 11.3 Å². The second-order valence-electron chi connectivity index (χ2n) is 5.43. The third kappa shape index (κ3) is 3.34. The highest BCUT2D eigenvalue weighted by atomic mass is 32.1. The summed E-state index contributed by atoms with van der Waals surface area (Å²) in [4.78, 5) is 17.9. The van der Waals surface area contributed by atoms with Crippen LogP contribution in [-0.4, -0.2) is 10.9 Å². The van der Waals surface area contributed by atoms with Crippen LogP contribution in [0.1, 0.15) is 26.4 Å². The molecular weight excluding hydrogens is 318 g/mol. The summed E-state index contributed by atoms with van der Waals surface area (Å²) in [6.45, 7) is 4.03. The first kappa shape index (κ1) is 15.9. The third-order valence-corrected chi connectivity index (χ3v) is 4.50. The molecule has 5 heteroatoms. The first-order chi connectivity index (χ1) is 11.6. The number of nitriles is 1. The predicted molar refractivity (Wildman–Crippen MR) is 96.1 cm³/mol. The van der Waals surface area contributed by atoms with Gasteiger partial charge >= 0.3 is 0 Å². The van der Waals surface area contributed by atoms with Crippen LogP contribution in [0.3, 0.4) is 0 Å². The highest BCUT2D eigenvalue weighted by molar-refractivity contribution is 7.16. The number of carbonyl (C=O) groups excluding carboxylic acids is 1. The van der Waals surface area contributed by atoms with Gasteiger partial charge in [0.05, 0.1) is 17.3 Å². The lowest BCUT2D eigenvalue weighted by molar-refractivity contribution is 0.102. The van der Waals surface area contributed by atoms with Gasteiger partial charge in [-0.25, -0.2) is 4.98 Å². The molecule has 1 amide bonds. The van der Waals surface area contributed by atoms with Crippen LogP contribution in [0.15, 0.2) is 48.5 Å². The number of thiazole rings is 1. The van der Waals surface area contributed by atoms with Crippen LogP contribution in [-0.2, 0) is 0 Å². The van der Waals surface area contributed by atoms with Crippen molar-refractivity contribution in [2.45, 2.75) is 13.8 Å². The molecule has 0 saturated heterocycles. The lowest BCUT2D eigenvalue weighted by Gasteiger charge is -2.01. The SMILES string of the molecule is Cc1ccc(-c2nc(NC(=O)c3ccc(C#N)cc3)sc2C)cc1. The van der Waals surface area contributed by atoms with Gasteiger partial charge < -0.3 is 0 Å². The second-order valence-corrected chi connectivity index (χ2v) is 6.64. The molecule has 0 atom stereocenters. The molecule has 3 rings (SSSR count). The van der Waals surface area contributed by atoms with Crippen molar-refractivity contribution < 1.29 is 4.79 Å². The zero-order chi connectivity index (χ0) is 17.1. The summed E-state index contributed by atoms with van der Waals surface area (Å²) < 4.78 is 0. The quantitative estimate of drug-likeness (QED) is 0.764. The van der Waals surface area contributed by atoms with E-state index in [9.17, 15) is 4.79 Å². The van der Waals surface area contributed by atoms with Crippen LogP contribution in [0.25, 0.3) is 11.3 Å². The first-order valence-corrected chi connectivity index (χ1v) is 8.24. The minimum absolute atomic E-state index is 0.233. The molecule has 4 nitrogen and oxygen atoms in total. The van der Waals surface area contributed by atoms with Gasteiger partial charge in [-0.1, -0.05) is 29.8 Å². The zero-order valence-corrected chi connectivity index (χ0v) is 14.1. The molecule has 3 aromatic rings. The van der Waals surface area contributed by atoms with E-state index in [0.29, 0.717) is 16.3 Å². The Morgan fingerprint density at radius 3 is 2.38 bits per heavy atom. The number of hydrogen-bond acceptors (Lipinski definition) is 4. The molecule has 1 N–H and O–H groups in total. The fourth-order valence-corrected chi connectivity index (χ4v) is 3.13. The number of benzene rings is 2. The van der Waals surface area contributed by atoms with E-state index in [4.69, 9.17) is 5.26 Å². The van der Waals surface area contributed by atoms with E-state index in [2.05, 4.69) is 10.3 Å². The Labute approximate surface area is 144 Å². The van der Waals surface area contributed by atoms with Gasteiger partial charge in [0, 0.05) is 16.0 Å². The van der Waals surface area contributed by atoms with E-state index >= 15 is 0 Å². The summed E-state index contributed by atoms with van der Waals surface area (Å²) in [6, 6.07) is 16.7. The summed E-state index contributed by atoms with van der Waals surface area (Å²) >= 11 is 1.45. The van der Waals surface area contributed by atoms with Crippen LogP contribution in [0.5, 0.6) is 0 Å². The van der Waals surface area contributed by atoms with Gasteiger partial charge in [0.1, 0.15) is 0 Å². The monoisotopic (exact) mass is 333 g/mol. The first-order valence-electron chi connectivity index (χ1n) is 7.43. The fourth-order valence-electron chi connectivity index (χ4n) is 2.29. The molecule has 0 aliphatic carbocycles. The number of amides is 1. The molecule has 118 valence electrons. The Morgan fingerprint density at radius 1 is 1.08 bits per heavy atom. The Hall–Kier alpha value is -2.97. The number of anilines is 1. The van der Waals surface area contributed by atoms with E-state index in [1.165, 1.54) is 16.9 Å². The van der Waals surface area contributed by atoms with Crippen molar-refractivity contribution in [3.8, 4) is 17.3 Å². The van der Waals surface area contributed by atoms with Gasteiger partial charge in [0.2, 0.25) is 0 Å². The normalized spacial score (nSPS) is 10.2. The number of aryl methyl sites for hydroxylation is 2. The second kappa shape index (κ2) is 6.65. The van der Waals surface area contributed by atoms with E-state index in [1.54, 1.807) is 24.3 Å². The summed E-state index contributed by atoms with van der Waals surface area (Å²) in [6.07, 6.45) is 0. The molecule has 0 unspecified atom stereocenters. The van der Waals surface area contributed by atoms with E-state index in [1.807, 2.05) is 44.2 Å². The molecule has 0 aliphatic rings. The van der Waals surface area contributed by atoms with Crippen molar-refractivity contribution in [3.05, 3.63) is 70.1 Å². The molecule has 0 bridgehead atoms. The van der Waals surface area contributed by atoms with Gasteiger partial charge in [0.25, 0.3) is 5.91 Å². The number of nitrogens with zero attached hydrogens (tertiary/aromatic N) is 2. The van der Waals surface area contributed by atoms with E-state index < -0.39 is 0 Å². The van der Waals surface area contributed by atoms with Gasteiger partial charge in [-0.05, 0) is 38.1 Å². The molecule has 1 aromatic heterocycles. The van der Waals surface area contributed by atoms with Crippen molar-refractivity contribution >= 4 is 22.4 Å². The summed E-state index contributed by atoms with van der Waals surface area (Å²) in [5.41, 5.74) is 4.14. The summed E-state index contributed by atoms with van der Waals surface area (Å²) in [5.74, 6) is -0.233. The smallest absolute Gasteiger partial charge is 0.257 e. The highest BCUT2D eigenvalue weighted by Gasteiger charge is 2.13. The standard InChI is InChI=1S/C19H15N3OS/c1-12-3-7-15(8-4-12)17-13(2)24-19(21-17)22-18(23)16-9-5-14(11-20)6-10-16/h3-10H,1-2H3,(H,21,22,23). The topological polar surface area (TPSA) is 65.8 Å². The van der Waals surface area contributed by atoms with Gasteiger partial charge in [-0.2, -0.15) is 5.26 Å². The van der Waals surface area contributed by atoms with Crippen molar-refractivity contribution in [3.63, 3.8) is 0 Å². The highest BCUT2D eigenvalue weighted by Crippen LogP contribution is 2.30. The Kier molecular flexibility index (Phi) is 4.41. The molecular formula is C19H15N3OS. The summed E-state index contributed by atoms with van der Waals surface area (Å²) in [5, 5.41) is 12.2. The number of carbonyl (C=O) groups is 1. The Morgan fingerprint density at radius 2 is 1.75 bits per heavy atom. The van der Waals surface area contributed by atoms with Crippen LogP contribution in [0, 0.1) is 25.2 Å². The van der Waals surface area contributed by atoms with Gasteiger partial charge in [-0.15, -0.1) is 11.3 Å². The third-order valence-electron chi connectivity index (χ3n) is 3.62. The molecule has 1 heterocycles. The van der Waals surface area contributed by atoms with Crippen molar-refractivity contribution in [2.75, 3.05) is 5.32 Å². The largest absolute Gasteiger partial charge is 0.298 e. The molecule has 0 saturated carbocycles. The van der Waals surface area contributed by atoms with Crippen molar-refractivity contribution in [2.24, 2.45) is 0 Å². The average molecular weight is 333 g/mol. The van der Waals surface area contributed by atoms with Crippen LogP contribution in [0.2, 0.25) is 0 Å². The number of aromatic nitrogens is 1. The van der Waals surface area contributed by atoms with E-state index in [-0.39, 0.29) is 5.91 Å².